The number of benzene rings is 1. The Balaban J connectivity index is 2.40. The summed E-state index contributed by atoms with van der Waals surface area (Å²) in [6.45, 7) is 0. The molecule has 0 aliphatic carbocycles. The largest absolute Gasteiger partial charge is 0.443 e. The summed E-state index contributed by atoms with van der Waals surface area (Å²) in [5.74, 6) is -0.506. The molecule has 0 saturated heterocycles. The molecule has 1 unspecified atom stereocenters. The lowest BCUT2D eigenvalue weighted by molar-refractivity contribution is -0.137. The molecule has 20 heavy (non-hydrogen) atoms. The quantitative estimate of drug-likeness (QED) is 0.853. The topological polar surface area (TPSA) is 24.9 Å². The fraction of sp³-hybridized carbons (Fsp3) is 0.250. The van der Waals surface area contributed by atoms with Gasteiger partial charge in [0.15, 0.2) is 5.01 Å². The van der Waals surface area contributed by atoms with E-state index in [1.807, 2.05) is 0 Å². The van der Waals surface area contributed by atoms with Gasteiger partial charge in [-0.15, -0.1) is 11.3 Å². The Hall–Kier alpha value is -1.18. The predicted molar refractivity (Wildman–Crippen MR) is 69.4 cm³/mol. The second-order valence-corrected chi connectivity index (χ2v) is 5.42. The number of aromatic nitrogens is 1. The molecule has 1 N–H and O–H groups in total. The summed E-state index contributed by atoms with van der Waals surface area (Å²) >= 11 is 6.46. The van der Waals surface area contributed by atoms with Crippen LogP contribution in [0, 0.1) is 5.82 Å². The summed E-state index contributed by atoms with van der Waals surface area (Å²) in [5, 5.41) is 2.08. The van der Waals surface area contributed by atoms with Crippen LogP contribution in [0.2, 0.25) is 5.02 Å². The Kier molecular flexibility index (Phi) is 4.31. The normalized spacial score (nSPS) is 13.5. The summed E-state index contributed by atoms with van der Waals surface area (Å²) in [6.07, 6.45) is -3.33. The minimum Gasteiger partial charge on any atom is -0.309 e. The van der Waals surface area contributed by atoms with Crippen LogP contribution in [0.4, 0.5) is 17.6 Å². The van der Waals surface area contributed by atoms with E-state index in [1.165, 1.54) is 12.1 Å². The predicted octanol–water partition coefficient (Wildman–Crippen LogP) is 4.26. The molecule has 0 fully saturated rings. The molecule has 0 bridgehead atoms. The molecular formula is C12H9ClF4N2S. The van der Waals surface area contributed by atoms with Crippen molar-refractivity contribution in [1.29, 1.82) is 0 Å². The Bertz CT molecular complexity index is 612. The molecule has 108 valence electrons. The van der Waals surface area contributed by atoms with Crippen LogP contribution in [0.1, 0.15) is 21.5 Å². The van der Waals surface area contributed by atoms with Gasteiger partial charge in [0.25, 0.3) is 0 Å². The van der Waals surface area contributed by atoms with Gasteiger partial charge in [-0.3, -0.25) is 0 Å². The second-order valence-electron chi connectivity index (χ2n) is 3.95. The fourth-order valence-electron chi connectivity index (χ4n) is 1.74. The number of hydrogen-bond acceptors (Lipinski definition) is 3. The van der Waals surface area contributed by atoms with E-state index in [2.05, 4.69) is 10.3 Å². The van der Waals surface area contributed by atoms with E-state index in [-0.39, 0.29) is 5.02 Å². The highest BCUT2D eigenvalue weighted by Crippen LogP contribution is 2.37. The van der Waals surface area contributed by atoms with Crippen molar-refractivity contribution in [3.63, 3.8) is 0 Å². The molecule has 1 heterocycles. The SMILES string of the molecule is CNC(c1cnc(C(F)(F)F)s1)c1ccc(F)cc1Cl. The van der Waals surface area contributed by atoms with Gasteiger partial charge in [-0.25, -0.2) is 9.37 Å². The van der Waals surface area contributed by atoms with Crippen LogP contribution in [-0.4, -0.2) is 12.0 Å². The zero-order chi connectivity index (χ0) is 14.9. The van der Waals surface area contributed by atoms with Gasteiger partial charge in [0.2, 0.25) is 0 Å². The van der Waals surface area contributed by atoms with Crippen LogP contribution in [0.25, 0.3) is 0 Å². The number of rotatable bonds is 3. The maximum Gasteiger partial charge on any atom is 0.443 e. The summed E-state index contributed by atoms with van der Waals surface area (Å²) < 4.78 is 50.7. The number of halogens is 5. The monoisotopic (exact) mass is 324 g/mol. The smallest absolute Gasteiger partial charge is 0.309 e. The Morgan fingerprint density at radius 1 is 1.35 bits per heavy atom. The summed E-state index contributed by atoms with van der Waals surface area (Å²) in [4.78, 5) is 3.72. The van der Waals surface area contributed by atoms with Crippen molar-refractivity contribution in [2.45, 2.75) is 12.2 Å². The van der Waals surface area contributed by atoms with Crippen molar-refractivity contribution in [2.24, 2.45) is 0 Å². The van der Waals surface area contributed by atoms with Crippen LogP contribution in [-0.2, 0) is 6.18 Å². The third-order valence-corrected chi connectivity index (χ3v) is 4.05. The van der Waals surface area contributed by atoms with E-state index in [1.54, 1.807) is 7.05 Å². The minimum atomic E-state index is -4.48. The molecule has 0 aliphatic heterocycles. The van der Waals surface area contributed by atoms with E-state index in [9.17, 15) is 17.6 Å². The lowest BCUT2D eigenvalue weighted by atomic mass is 10.1. The molecule has 1 aromatic carbocycles. The van der Waals surface area contributed by atoms with Crippen molar-refractivity contribution in [3.8, 4) is 0 Å². The Morgan fingerprint density at radius 2 is 2.05 bits per heavy atom. The third kappa shape index (κ3) is 3.11. The van der Waals surface area contributed by atoms with Gasteiger partial charge in [-0.05, 0) is 24.7 Å². The standard InChI is InChI=1S/C12H9ClF4N2S/c1-18-10(7-3-2-6(14)4-8(7)13)9-5-19-11(20-9)12(15,16)17/h2-5,10,18H,1H3. The van der Waals surface area contributed by atoms with E-state index < -0.39 is 23.0 Å². The molecule has 0 saturated carbocycles. The Morgan fingerprint density at radius 3 is 2.55 bits per heavy atom. The van der Waals surface area contributed by atoms with E-state index in [0.29, 0.717) is 21.8 Å². The molecule has 0 amide bonds. The molecule has 2 nitrogen and oxygen atoms in total. The first kappa shape index (κ1) is 15.2. The van der Waals surface area contributed by atoms with Crippen LogP contribution in [0.15, 0.2) is 24.4 Å². The molecule has 1 aromatic heterocycles. The van der Waals surface area contributed by atoms with Gasteiger partial charge in [-0.1, -0.05) is 17.7 Å². The maximum absolute atomic E-state index is 13.0. The number of nitrogens with one attached hydrogen (secondary N) is 1. The summed E-state index contributed by atoms with van der Waals surface area (Å²) in [7, 11) is 1.58. The van der Waals surface area contributed by atoms with Crippen LogP contribution in [0.3, 0.4) is 0 Å². The average Bonchev–Trinajstić information content (AvgIpc) is 2.82. The van der Waals surface area contributed by atoms with Crippen LogP contribution < -0.4 is 5.32 Å². The van der Waals surface area contributed by atoms with Gasteiger partial charge >= 0.3 is 6.18 Å². The molecule has 2 rings (SSSR count). The summed E-state index contributed by atoms with van der Waals surface area (Å²) in [6, 6.07) is 3.19. The van der Waals surface area contributed by atoms with E-state index >= 15 is 0 Å². The Labute approximate surface area is 121 Å². The zero-order valence-electron chi connectivity index (χ0n) is 10.1. The highest BCUT2D eigenvalue weighted by molar-refractivity contribution is 7.11. The molecule has 0 spiro atoms. The lowest BCUT2D eigenvalue weighted by Crippen LogP contribution is -2.17. The maximum atomic E-state index is 13.0. The number of thiazole rings is 1. The van der Waals surface area contributed by atoms with Crippen molar-refractivity contribution in [1.82, 2.24) is 10.3 Å². The fourth-order valence-corrected chi connectivity index (χ4v) is 2.93. The first-order chi connectivity index (χ1) is 9.32. The number of nitrogens with zero attached hydrogens (tertiary/aromatic N) is 1. The van der Waals surface area contributed by atoms with Gasteiger partial charge in [0, 0.05) is 16.1 Å². The first-order valence-electron chi connectivity index (χ1n) is 5.48. The van der Waals surface area contributed by atoms with Crippen LogP contribution >= 0.6 is 22.9 Å². The first-order valence-corrected chi connectivity index (χ1v) is 6.67. The molecule has 8 heteroatoms. The van der Waals surface area contributed by atoms with E-state index in [4.69, 9.17) is 11.6 Å². The highest BCUT2D eigenvalue weighted by Gasteiger charge is 2.35. The average molecular weight is 325 g/mol. The van der Waals surface area contributed by atoms with Crippen molar-refractivity contribution in [2.75, 3.05) is 7.05 Å². The van der Waals surface area contributed by atoms with Crippen molar-refractivity contribution < 1.29 is 17.6 Å². The van der Waals surface area contributed by atoms with Gasteiger partial charge in [0.1, 0.15) is 5.82 Å². The molecule has 0 aliphatic rings. The highest BCUT2D eigenvalue weighted by atomic mass is 35.5. The second kappa shape index (κ2) is 5.67. The number of hydrogen-bond donors (Lipinski definition) is 1. The minimum absolute atomic E-state index is 0.145. The molecule has 1 atom stereocenters. The van der Waals surface area contributed by atoms with Crippen LogP contribution in [0.5, 0.6) is 0 Å². The van der Waals surface area contributed by atoms with E-state index in [0.717, 1.165) is 12.3 Å². The summed E-state index contributed by atoms with van der Waals surface area (Å²) in [5.41, 5.74) is 0.493. The molecular weight excluding hydrogens is 316 g/mol. The molecule has 2 aromatic rings. The molecule has 0 radical (unpaired) electrons. The van der Waals surface area contributed by atoms with Crippen molar-refractivity contribution >= 4 is 22.9 Å². The van der Waals surface area contributed by atoms with Crippen molar-refractivity contribution in [3.05, 3.63) is 50.7 Å². The van der Waals surface area contributed by atoms with Gasteiger partial charge < -0.3 is 5.32 Å². The van der Waals surface area contributed by atoms with Gasteiger partial charge in [-0.2, -0.15) is 13.2 Å². The third-order valence-electron chi connectivity index (χ3n) is 2.61. The number of alkyl halides is 3. The van der Waals surface area contributed by atoms with Gasteiger partial charge in [0.05, 0.1) is 6.04 Å². The lowest BCUT2D eigenvalue weighted by Gasteiger charge is -2.16. The zero-order valence-corrected chi connectivity index (χ0v) is 11.7.